The summed E-state index contributed by atoms with van der Waals surface area (Å²) in [6, 6.07) is 16.3. The molecule has 0 bridgehead atoms. The van der Waals surface area contributed by atoms with Crippen LogP contribution >= 0.6 is 0 Å². The Balaban J connectivity index is 1.51. The molecule has 1 aliphatic heterocycles. The van der Waals surface area contributed by atoms with Gasteiger partial charge in [0.25, 0.3) is 5.91 Å². The van der Waals surface area contributed by atoms with Crippen molar-refractivity contribution in [1.29, 1.82) is 0 Å². The molecule has 7 heteroatoms. The smallest absolute Gasteiger partial charge is 0.325 e. The first-order valence-electron chi connectivity index (χ1n) is 11.7. The predicted molar refractivity (Wildman–Crippen MR) is 125 cm³/mol. The van der Waals surface area contributed by atoms with Gasteiger partial charge < -0.3 is 15.4 Å². The summed E-state index contributed by atoms with van der Waals surface area (Å²) in [7, 11) is 0. The van der Waals surface area contributed by atoms with Crippen LogP contribution in [0.15, 0.2) is 54.6 Å². The molecule has 2 aromatic carbocycles. The quantitative estimate of drug-likeness (QED) is 0.630. The summed E-state index contributed by atoms with van der Waals surface area (Å²) in [5, 5.41) is 5.92. The summed E-state index contributed by atoms with van der Waals surface area (Å²) >= 11 is 0. The number of rotatable bonds is 7. The number of amides is 4. The number of urea groups is 1. The van der Waals surface area contributed by atoms with Crippen LogP contribution in [0.25, 0.3) is 0 Å². The molecule has 0 aromatic heterocycles. The van der Waals surface area contributed by atoms with Gasteiger partial charge in [-0.15, -0.1) is 0 Å². The van der Waals surface area contributed by atoms with E-state index in [-0.39, 0.29) is 24.3 Å². The first-order chi connectivity index (χ1) is 15.9. The van der Waals surface area contributed by atoms with E-state index in [1.807, 2.05) is 68.4 Å². The second kappa shape index (κ2) is 9.65. The van der Waals surface area contributed by atoms with Crippen molar-refractivity contribution in [3.63, 3.8) is 0 Å². The van der Waals surface area contributed by atoms with Crippen molar-refractivity contribution in [1.82, 2.24) is 15.5 Å². The molecule has 2 fully saturated rings. The largest absolute Gasteiger partial charge is 0.494 e. The van der Waals surface area contributed by atoms with Gasteiger partial charge >= 0.3 is 6.03 Å². The Bertz CT molecular complexity index is 1010. The molecule has 1 heterocycles. The van der Waals surface area contributed by atoms with Crippen molar-refractivity contribution in [3.05, 3.63) is 65.7 Å². The van der Waals surface area contributed by atoms with Crippen LogP contribution < -0.4 is 15.4 Å². The Morgan fingerprint density at radius 1 is 1.12 bits per heavy atom. The lowest BCUT2D eigenvalue weighted by Gasteiger charge is -2.36. The predicted octanol–water partition coefficient (Wildman–Crippen LogP) is 3.79. The summed E-state index contributed by atoms with van der Waals surface area (Å²) in [4.78, 5) is 40.0. The van der Waals surface area contributed by atoms with E-state index in [0.29, 0.717) is 13.0 Å². The molecule has 1 saturated carbocycles. The lowest BCUT2D eigenvalue weighted by Crippen LogP contribution is -2.54. The van der Waals surface area contributed by atoms with Crippen molar-refractivity contribution in [2.24, 2.45) is 5.92 Å². The molecule has 7 nitrogen and oxygen atoms in total. The van der Waals surface area contributed by atoms with Gasteiger partial charge in [-0.05, 0) is 48.9 Å². The maximum atomic E-state index is 13.2. The van der Waals surface area contributed by atoms with Crippen LogP contribution in [-0.4, -0.2) is 41.4 Å². The molecule has 2 aliphatic rings. The molecule has 3 unspecified atom stereocenters. The van der Waals surface area contributed by atoms with E-state index in [0.717, 1.165) is 41.0 Å². The second-order valence-electron chi connectivity index (χ2n) is 8.85. The number of hydrogen-bond acceptors (Lipinski definition) is 4. The molecule has 1 saturated heterocycles. The molecule has 2 aromatic rings. The third kappa shape index (κ3) is 4.58. The van der Waals surface area contributed by atoms with Gasteiger partial charge in [0.1, 0.15) is 17.8 Å². The van der Waals surface area contributed by atoms with Crippen molar-refractivity contribution in [3.8, 4) is 5.75 Å². The molecule has 4 rings (SSSR count). The van der Waals surface area contributed by atoms with Crippen LogP contribution in [0, 0.1) is 5.92 Å². The van der Waals surface area contributed by atoms with E-state index in [1.54, 1.807) is 0 Å². The Labute approximate surface area is 194 Å². The van der Waals surface area contributed by atoms with Crippen molar-refractivity contribution < 1.29 is 19.1 Å². The minimum atomic E-state index is -0.871. The lowest BCUT2D eigenvalue weighted by molar-refractivity contribution is -0.137. The number of hydrogen-bond donors (Lipinski definition) is 2. The molecule has 4 amide bonds. The van der Waals surface area contributed by atoms with Crippen molar-refractivity contribution in [2.75, 3.05) is 13.2 Å². The first kappa shape index (κ1) is 22.8. The zero-order valence-electron chi connectivity index (χ0n) is 19.2. The summed E-state index contributed by atoms with van der Waals surface area (Å²) in [5.74, 6) is 0.135. The third-order valence-electron chi connectivity index (χ3n) is 6.77. The average Bonchev–Trinajstić information content (AvgIpc) is 3.06. The average molecular weight is 450 g/mol. The van der Waals surface area contributed by atoms with Gasteiger partial charge in [0.2, 0.25) is 5.91 Å². The molecule has 174 valence electrons. The number of ether oxygens (including phenoxy) is 1. The van der Waals surface area contributed by atoms with Crippen molar-refractivity contribution in [2.45, 2.75) is 51.1 Å². The summed E-state index contributed by atoms with van der Waals surface area (Å²) < 4.78 is 5.53. The van der Waals surface area contributed by atoms with Crippen LogP contribution in [0.3, 0.4) is 0 Å². The Hall–Kier alpha value is -3.35. The molecule has 2 N–H and O–H groups in total. The van der Waals surface area contributed by atoms with Gasteiger partial charge in [0, 0.05) is 0 Å². The van der Waals surface area contributed by atoms with Crippen LogP contribution in [-0.2, 0) is 9.59 Å². The Kier molecular flexibility index (Phi) is 6.67. The van der Waals surface area contributed by atoms with E-state index < -0.39 is 17.6 Å². The fourth-order valence-corrected chi connectivity index (χ4v) is 4.92. The fourth-order valence-electron chi connectivity index (χ4n) is 4.92. The zero-order valence-corrected chi connectivity index (χ0v) is 19.2. The van der Waals surface area contributed by atoms with Crippen LogP contribution in [0.1, 0.15) is 56.7 Å². The van der Waals surface area contributed by atoms with Crippen LogP contribution in [0.5, 0.6) is 5.75 Å². The topological polar surface area (TPSA) is 87.7 Å². The van der Waals surface area contributed by atoms with Gasteiger partial charge in [0.15, 0.2) is 0 Å². The third-order valence-corrected chi connectivity index (χ3v) is 6.77. The molecular weight excluding hydrogens is 418 g/mol. The molecule has 0 radical (unpaired) electrons. The second-order valence-corrected chi connectivity index (χ2v) is 8.85. The van der Waals surface area contributed by atoms with E-state index in [1.165, 1.54) is 0 Å². The summed E-state index contributed by atoms with van der Waals surface area (Å²) in [6.07, 6.45) is 3.45. The standard InChI is InChI=1S/C26H31N3O4/c1-3-33-21-14-12-20(13-15-21)23(19-10-5-4-6-11-19)27-22(30)17-29-24(31)26(28-25(29)32)16-8-7-9-18(26)2/h4-6,10-15,18,23H,3,7-9,16-17H2,1-2H3,(H,27,30)(H,28,32). The van der Waals surface area contributed by atoms with Gasteiger partial charge in [-0.3, -0.25) is 14.5 Å². The van der Waals surface area contributed by atoms with E-state index in [9.17, 15) is 14.4 Å². The Morgan fingerprint density at radius 3 is 2.48 bits per heavy atom. The van der Waals surface area contributed by atoms with Gasteiger partial charge in [-0.2, -0.15) is 0 Å². The van der Waals surface area contributed by atoms with E-state index in [4.69, 9.17) is 4.74 Å². The van der Waals surface area contributed by atoms with Crippen LogP contribution in [0.4, 0.5) is 4.79 Å². The maximum absolute atomic E-state index is 13.2. The SMILES string of the molecule is CCOc1ccc(C(NC(=O)CN2C(=O)NC3(CCCCC3C)C2=O)c2ccccc2)cc1. The summed E-state index contributed by atoms with van der Waals surface area (Å²) in [6.45, 7) is 4.19. The fraction of sp³-hybridized carbons (Fsp3) is 0.423. The first-order valence-corrected chi connectivity index (χ1v) is 11.7. The van der Waals surface area contributed by atoms with E-state index in [2.05, 4.69) is 10.6 Å². The zero-order chi connectivity index (χ0) is 23.4. The normalized spacial score (nSPS) is 23.3. The molecular formula is C26H31N3O4. The highest BCUT2D eigenvalue weighted by atomic mass is 16.5. The molecule has 3 atom stereocenters. The van der Waals surface area contributed by atoms with Crippen LogP contribution in [0.2, 0.25) is 0 Å². The number of carbonyl (C=O) groups excluding carboxylic acids is 3. The minimum absolute atomic E-state index is 0.0525. The molecule has 33 heavy (non-hydrogen) atoms. The summed E-state index contributed by atoms with van der Waals surface area (Å²) in [5.41, 5.74) is 0.918. The number of benzene rings is 2. The molecule has 1 spiro atoms. The lowest BCUT2D eigenvalue weighted by atomic mass is 9.73. The molecule has 1 aliphatic carbocycles. The van der Waals surface area contributed by atoms with Gasteiger partial charge in [0.05, 0.1) is 12.6 Å². The number of imide groups is 1. The van der Waals surface area contributed by atoms with E-state index >= 15 is 0 Å². The number of nitrogens with one attached hydrogen (secondary N) is 2. The minimum Gasteiger partial charge on any atom is -0.494 e. The maximum Gasteiger partial charge on any atom is 0.325 e. The highest BCUT2D eigenvalue weighted by Crippen LogP contribution is 2.38. The Morgan fingerprint density at radius 2 is 1.82 bits per heavy atom. The van der Waals surface area contributed by atoms with Gasteiger partial charge in [-0.25, -0.2) is 4.79 Å². The highest BCUT2D eigenvalue weighted by Gasteiger charge is 2.55. The van der Waals surface area contributed by atoms with Crippen molar-refractivity contribution >= 4 is 17.8 Å². The monoisotopic (exact) mass is 449 g/mol. The van der Waals surface area contributed by atoms with Gasteiger partial charge in [-0.1, -0.05) is 62.2 Å². The number of nitrogens with zero attached hydrogens (tertiary/aromatic N) is 1. The highest BCUT2D eigenvalue weighted by molar-refractivity contribution is 6.09. The number of carbonyl (C=O) groups is 3.